The Hall–Kier alpha value is -0.0800. The highest BCUT2D eigenvalue weighted by atomic mass is 15.2. The van der Waals surface area contributed by atoms with Gasteiger partial charge in [-0.25, -0.2) is 0 Å². The quantitative estimate of drug-likeness (QED) is 0.841. The molecule has 0 aromatic rings. The van der Waals surface area contributed by atoms with Crippen LogP contribution in [0.15, 0.2) is 0 Å². The molecule has 3 fully saturated rings. The lowest BCUT2D eigenvalue weighted by atomic mass is 9.73. The molecule has 0 amide bonds. The highest BCUT2D eigenvalue weighted by Crippen LogP contribution is 2.39. The molecule has 0 radical (unpaired) electrons. The van der Waals surface area contributed by atoms with Crippen molar-refractivity contribution in [1.29, 1.82) is 0 Å². The molecule has 0 bridgehead atoms. The lowest BCUT2D eigenvalue weighted by Gasteiger charge is -2.49. The molecule has 0 spiro atoms. The first kappa shape index (κ1) is 15.8. The minimum absolute atomic E-state index is 0.748. The molecule has 2 aliphatic carbocycles. The molecule has 122 valence electrons. The van der Waals surface area contributed by atoms with Crippen LogP contribution >= 0.6 is 0 Å². The summed E-state index contributed by atoms with van der Waals surface area (Å²) < 4.78 is 0. The number of nitrogens with zero attached hydrogens (tertiary/aromatic N) is 1. The predicted octanol–water partition coefficient (Wildman–Crippen LogP) is 4.06. The van der Waals surface area contributed by atoms with Crippen molar-refractivity contribution in [2.24, 2.45) is 17.8 Å². The molecule has 1 saturated heterocycles. The van der Waals surface area contributed by atoms with E-state index in [0.717, 1.165) is 29.8 Å². The van der Waals surface area contributed by atoms with Gasteiger partial charge in [0.1, 0.15) is 0 Å². The fourth-order valence-corrected chi connectivity index (χ4v) is 5.57. The zero-order valence-electron chi connectivity index (χ0n) is 14.3. The highest BCUT2D eigenvalue weighted by molar-refractivity contribution is 4.94. The van der Waals surface area contributed by atoms with Gasteiger partial charge in [-0.15, -0.1) is 0 Å². The Kier molecular flexibility index (Phi) is 5.61. The molecule has 2 saturated carbocycles. The maximum absolute atomic E-state index is 3.64. The van der Waals surface area contributed by atoms with E-state index in [-0.39, 0.29) is 0 Å². The zero-order valence-corrected chi connectivity index (χ0v) is 14.3. The summed E-state index contributed by atoms with van der Waals surface area (Å²) in [5, 5.41) is 3.64. The van der Waals surface area contributed by atoms with E-state index in [1.807, 2.05) is 0 Å². The molecule has 2 nitrogen and oxygen atoms in total. The summed E-state index contributed by atoms with van der Waals surface area (Å²) in [6.07, 6.45) is 14.6. The topological polar surface area (TPSA) is 15.3 Å². The van der Waals surface area contributed by atoms with Crippen LogP contribution in [-0.2, 0) is 0 Å². The molecule has 5 unspecified atom stereocenters. The van der Waals surface area contributed by atoms with Gasteiger partial charge >= 0.3 is 0 Å². The average molecular weight is 293 g/mol. The summed E-state index contributed by atoms with van der Waals surface area (Å²) in [7, 11) is 2.19. The van der Waals surface area contributed by atoms with Crippen LogP contribution in [0.2, 0.25) is 0 Å². The number of fused-ring (bicyclic) bond motifs is 1. The van der Waals surface area contributed by atoms with Crippen molar-refractivity contribution in [2.45, 2.75) is 83.2 Å². The van der Waals surface area contributed by atoms with Crippen molar-refractivity contribution in [1.82, 2.24) is 10.2 Å². The summed E-state index contributed by atoms with van der Waals surface area (Å²) in [6.45, 7) is 5.14. The monoisotopic (exact) mass is 292 g/mol. The molecule has 0 aromatic carbocycles. The van der Waals surface area contributed by atoms with E-state index < -0.39 is 0 Å². The number of hydrogen-bond donors (Lipinski definition) is 1. The Balaban J connectivity index is 1.62. The molecule has 1 aliphatic heterocycles. The molecule has 21 heavy (non-hydrogen) atoms. The second kappa shape index (κ2) is 7.46. The minimum atomic E-state index is 0.748. The van der Waals surface area contributed by atoms with Crippen molar-refractivity contribution in [3.05, 3.63) is 0 Å². The molecule has 3 rings (SSSR count). The van der Waals surface area contributed by atoms with Gasteiger partial charge < -0.3 is 5.32 Å². The second-order valence-corrected chi connectivity index (χ2v) is 8.02. The van der Waals surface area contributed by atoms with Gasteiger partial charge in [0.25, 0.3) is 0 Å². The number of hydrogen-bond acceptors (Lipinski definition) is 2. The van der Waals surface area contributed by atoms with E-state index >= 15 is 0 Å². The number of piperidine rings is 1. The molecule has 5 atom stereocenters. The molecular weight excluding hydrogens is 256 g/mol. The summed E-state index contributed by atoms with van der Waals surface area (Å²) in [6, 6.07) is 1.57. The predicted molar refractivity (Wildman–Crippen MR) is 90.5 cm³/mol. The van der Waals surface area contributed by atoms with Crippen LogP contribution in [0.3, 0.4) is 0 Å². The average Bonchev–Trinajstić information content (AvgIpc) is 2.54. The first-order chi connectivity index (χ1) is 10.3. The fraction of sp³-hybridized carbons (Fsp3) is 1.00. The van der Waals surface area contributed by atoms with E-state index in [1.54, 1.807) is 0 Å². The first-order valence-corrected chi connectivity index (χ1v) is 9.73. The molecule has 1 N–H and O–H groups in total. The third kappa shape index (κ3) is 3.64. The van der Waals surface area contributed by atoms with Gasteiger partial charge in [0.2, 0.25) is 0 Å². The lowest BCUT2D eigenvalue weighted by molar-refractivity contribution is 0.0210. The number of likely N-dealkylation sites (tertiary alicyclic amines) is 1. The molecular formula is C19H36N2. The van der Waals surface area contributed by atoms with Crippen LogP contribution in [0.4, 0.5) is 0 Å². The Morgan fingerprint density at radius 1 is 1.00 bits per heavy atom. The first-order valence-electron chi connectivity index (χ1n) is 9.73. The smallest absolute Gasteiger partial charge is 0.0251 e. The van der Waals surface area contributed by atoms with Gasteiger partial charge in [0, 0.05) is 18.6 Å². The third-order valence-electron chi connectivity index (χ3n) is 6.78. The Morgan fingerprint density at radius 3 is 2.57 bits per heavy atom. The van der Waals surface area contributed by atoms with Crippen molar-refractivity contribution < 1.29 is 0 Å². The summed E-state index contributed by atoms with van der Waals surface area (Å²) in [4.78, 5) is 2.90. The van der Waals surface area contributed by atoms with Crippen LogP contribution in [-0.4, -0.2) is 37.1 Å². The van der Waals surface area contributed by atoms with Gasteiger partial charge in [-0.2, -0.15) is 0 Å². The largest absolute Gasteiger partial charge is 0.315 e. The molecule has 1 heterocycles. The van der Waals surface area contributed by atoms with Gasteiger partial charge in [0.15, 0.2) is 0 Å². The number of likely N-dealkylation sites (N-methyl/N-ethyl adjacent to an activating group) is 1. The van der Waals surface area contributed by atoms with Crippen molar-refractivity contribution >= 4 is 0 Å². The summed E-state index contributed by atoms with van der Waals surface area (Å²) in [5.74, 6) is 3.09. The van der Waals surface area contributed by atoms with Crippen molar-refractivity contribution in [3.8, 4) is 0 Å². The zero-order chi connectivity index (χ0) is 14.7. The minimum Gasteiger partial charge on any atom is -0.315 e. The van der Waals surface area contributed by atoms with Crippen molar-refractivity contribution in [3.63, 3.8) is 0 Å². The summed E-state index contributed by atoms with van der Waals surface area (Å²) >= 11 is 0. The van der Waals surface area contributed by atoms with Crippen LogP contribution in [0.5, 0.6) is 0 Å². The van der Waals surface area contributed by atoms with E-state index in [1.165, 1.54) is 77.3 Å². The number of rotatable bonds is 4. The normalized spacial score (nSPS) is 41.7. The van der Waals surface area contributed by atoms with E-state index in [2.05, 4.69) is 24.2 Å². The van der Waals surface area contributed by atoms with Crippen LogP contribution in [0.25, 0.3) is 0 Å². The second-order valence-electron chi connectivity index (χ2n) is 8.02. The standard InChI is InChI=1S/C19H36N2/c1-3-6-15-9-10-18(20-2)19(13-15)21-12-11-16-7-4-5-8-17(16)14-21/h15-20H,3-14H2,1-2H3. The maximum atomic E-state index is 3.64. The Morgan fingerprint density at radius 2 is 1.81 bits per heavy atom. The maximum Gasteiger partial charge on any atom is 0.0251 e. The number of nitrogens with one attached hydrogen (secondary N) is 1. The van der Waals surface area contributed by atoms with Gasteiger partial charge in [-0.3, -0.25) is 4.90 Å². The van der Waals surface area contributed by atoms with Crippen LogP contribution < -0.4 is 5.32 Å². The van der Waals surface area contributed by atoms with E-state index in [4.69, 9.17) is 0 Å². The van der Waals surface area contributed by atoms with Crippen molar-refractivity contribution in [2.75, 3.05) is 20.1 Å². The third-order valence-corrected chi connectivity index (χ3v) is 6.78. The highest BCUT2D eigenvalue weighted by Gasteiger charge is 2.38. The molecule has 0 aromatic heterocycles. The fourth-order valence-electron chi connectivity index (χ4n) is 5.57. The molecule has 2 heteroatoms. The van der Waals surface area contributed by atoms with Gasteiger partial charge in [0.05, 0.1) is 0 Å². The van der Waals surface area contributed by atoms with E-state index in [9.17, 15) is 0 Å². The summed E-state index contributed by atoms with van der Waals surface area (Å²) in [5.41, 5.74) is 0. The van der Waals surface area contributed by atoms with Gasteiger partial charge in [-0.05, 0) is 63.5 Å². The van der Waals surface area contributed by atoms with E-state index in [0.29, 0.717) is 0 Å². The lowest BCUT2D eigenvalue weighted by Crippen LogP contribution is -2.56. The van der Waals surface area contributed by atoms with Gasteiger partial charge in [-0.1, -0.05) is 39.0 Å². The SMILES string of the molecule is CCCC1CCC(NC)C(N2CCC3CCCCC3C2)C1. The van der Waals surface area contributed by atoms with Crippen LogP contribution in [0.1, 0.15) is 71.1 Å². The Bertz CT molecular complexity index is 317. The Labute approximate surface area is 132 Å². The molecule has 3 aliphatic rings. The van der Waals surface area contributed by atoms with Crippen LogP contribution in [0, 0.1) is 17.8 Å².